The Bertz CT molecular complexity index is 702. The molecule has 4 nitrogen and oxygen atoms in total. The molecule has 0 spiro atoms. The van der Waals surface area contributed by atoms with Gasteiger partial charge in [0.25, 0.3) is 5.91 Å². The number of carboxylic acid groups (broad SMARTS) is 1. The quantitative estimate of drug-likeness (QED) is 0.787. The van der Waals surface area contributed by atoms with Gasteiger partial charge in [-0.2, -0.15) is 0 Å². The molecule has 2 aromatic rings. The summed E-state index contributed by atoms with van der Waals surface area (Å²) in [6.45, 7) is 0. The first-order valence-corrected chi connectivity index (χ1v) is 7.59. The van der Waals surface area contributed by atoms with Crippen LogP contribution in [-0.2, 0) is 0 Å². The number of anilines is 1. The molecule has 0 radical (unpaired) electrons. The predicted molar refractivity (Wildman–Crippen MR) is 83.4 cm³/mol. The van der Waals surface area contributed by atoms with E-state index in [4.69, 9.17) is 28.3 Å². The maximum atomic E-state index is 12.0. The molecule has 20 heavy (non-hydrogen) atoms. The number of carbonyl (C=O) groups excluding carboxylic acids is 1. The topological polar surface area (TPSA) is 66.4 Å². The summed E-state index contributed by atoms with van der Waals surface area (Å²) in [5.74, 6) is -1.67. The first-order chi connectivity index (χ1) is 9.38. The van der Waals surface area contributed by atoms with Crippen molar-refractivity contribution in [2.75, 3.05) is 5.32 Å². The molecule has 1 aromatic heterocycles. The Hall–Kier alpha value is -1.08. The number of rotatable bonds is 3. The Labute approximate surface area is 136 Å². The van der Waals surface area contributed by atoms with Crippen LogP contribution in [0.3, 0.4) is 0 Å². The van der Waals surface area contributed by atoms with Crippen molar-refractivity contribution >= 4 is 68.0 Å². The van der Waals surface area contributed by atoms with Crippen molar-refractivity contribution in [1.29, 1.82) is 0 Å². The number of hydrogen-bond donors (Lipinski definition) is 2. The lowest BCUT2D eigenvalue weighted by Crippen LogP contribution is -2.14. The molecule has 0 saturated carbocycles. The average Bonchev–Trinajstić information content (AvgIpc) is 2.78. The van der Waals surface area contributed by atoms with E-state index in [1.807, 2.05) is 0 Å². The summed E-state index contributed by atoms with van der Waals surface area (Å²) in [6.07, 6.45) is 0. The van der Waals surface area contributed by atoms with Crippen LogP contribution in [0.4, 0.5) is 5.69 Å². The van der Waals surface area contributed by atoms with Gasteiger partial charge in [-0.05, 0) is 34.1 Å². The summed E-state index contributed by atoms with van der Waals surface area (Å²) in [5, 5.41) is 13.5. The summed E-state index contributed by atoms with van der Waals surface area (Å²) in [4.78, 5) is 23.2. The van der Waals surface area contributed by atoms with E-state index in [-0.39, 0.29) is 21.3 Å². The van der Waals surface area contributed by atoms with Gasteiger partial charge < -0.3 is 10.4 Å². The second-order valence-corrected chi connectivity index (χ2v) is 6.84. The lowest BCUT2D eigenvalue weighted by atomic mass is 10.1. The van der Waals surface area contributed by atoms with Gasteiger partial charge in [-0.1, -0.05) is 23.2 Å². The lowest BCUT2D eigenvalue weighted by molar-refractivity contribution is 0.0698. The Morgan fingerprint density at radius 1 is 1.25 bits per heavy atom. The fraction of sp³-hybridized carbons (Fsp3) is 0. The van der Waals surface area contributed by atoms with Gasteiger partial charge in [0.05, 0.1) is 25.6 Å². The van der Waals surface area contributed by atoms with E-state index in [0.717, 1.165) is 3.79 Å². The predicted octanol–water partition coefficient (Wildman–Crippen LogP) is 4.77. The zero-order chi connectivity index (χ0) is 14.9. The molecule has 0 bridgehead atoms. The van der Waals surface area contributed by atoms with Crippen molar-refractivity contribution in [1.82, 2.24) is 0 Å². The molecule has 0 atom stereocenters. The smallest absolute Gasteiger partial charge is 0.337 e. The van der Waals surface area contributed by atoms with Gasteiger partial charge in [-0.3, -0.25) is 4.79 Å². The number of carbonyl (C=O) groups is 2. The third-order valence-electron chi connectivity index (χ3n) is 2.35. The standard InChI is InChI=1S/C12H6BrCl2NO3S/c13-9-1-5(4-20-9)11(17)16-10-7(12(18)19)2-6(14)3-8(10)15/h1-4H,(H,16,17)(H,18,19). The minimum atomic E-state index is -1.23. The minimum absolute atomic E-state index is 0.0240. The molecule has 1 heterocycles. The largest absolute Gasteiger partial charge is 0.478 e. The fourth-order valence-electron chi connectivity index (χ4n) is 1.48. The molecule has 0 fully saturated rings. The number of amides is 1. The maximum absolute atomic E-state index is 12.0. The second-order valence-electron chi connectivity index (χ2n) is 3.71. The molecule has 2 N–H and O–H groups in total. The monoisotopic (exact) mass is 393 g/mol. The Balaban J connectivity index is 2.38. The highest BCUT2D eigenvalue weighted by molar-refractivity contribution is 9.11. The van der Waals surface area contributed by atoms with Crippen molar-refractivity contribution in [3.05, 3.63) is 48.5 Å². The molecule has 0 saturated heterocycles. The molecule has 2 rings (SSSR count). The van der Waals surface area contributed by atoms with Crippen molar-refractivity contribution in [3.63, 3.8) is 0 Å². The van der Waals surface area contributed by atoms with E-state index >= 15 is 0 Å². The van der Waals surface area contributed by atoms with Crippen molar-refractivity contribution in [2.45, 2.75) is 0 Å². The van der Waals surface area contributed by atoms with Gasteiger partial charge in [0.2, 0.25) is 0 Å². The number of hydrogen-bond acceptors (Lipinski definition) is 3. The SMILES string of the molecule is O=C(Nc1c(Cl)cc(Cl)cc1C(=O)O)c1csc(Br)c1. The molecule has 0 aliphatic heterocycles. The molecular formula is C12H6BrCl2NO3S. The summed E-state index contributed by atoms with van der Waals surface area (Å²) in [7, 11) is 0. The van der Waals surface area contributed by atoms with Gasteiger partial charge in [0.1, 0.15) is 0 Å². The van der Waals surface area contributed by atoms with E-state index in [1.54, 1.807) is 11.4 Å². The molecule has 0 aliphatic rings. The Kier molecular flexibility index (Phi) is 4.70. The number of nitrogens with one attached hydrogen (secondary N) is 1. The van der Waals surface area contributed by atoms with Gasteiger partial charge in [0, 0.05) is 10.4 Å². The van der Waals surface area contributed by atoms with E-state index in [1.165, 1.54) is 23.5 Å². The van der Waals surface area contributed by atoms with Gasteiger partial charge in [-0.15, -0.1) is 11.3 Å². The number of carboxylic acids is 1. The Morgan fingerprint density at radius 2 is 1.95 bits per heavy atom. The van der Waals surface area contributed by atoms with Crippen LogP contribution < -0.4 is 5.32 Å². The van der Waals surface area contributed by atoms with Crippen LogP contribution in [0.2, 0.25) is 10.0 Å². The number of thiophene rings is 1. The van der Waals surface area contributed by atoms with Crippen LogP contribution in [0.25, 0.3) is 0 Å². The highest BCUT2D eigenvalue weighted by Gasteiger charge is 2.18. The van der Waals surface area contributed by atoms with Gasteiger partial charge >= 0.3 is 5.97 Å². The number of benzene rings is 1. The van der Waals surface area contributed by atoms with Crippen molar-refractivity contribution in [2.24, 2.45) is 0 Å². The van der Waals surface area contributed by atoms with Crippen LogP contribution in [0, 0.1) is 0 Å². The van der Waals surface area contributed by atoms with Crippen LogP contribution in [0.15, 0.2) is 27.4 Å². The normalized spacial score (nSPS) is 10.3. The van der Waals surface area contributed by atoms with Crippen LogP contribution >= 0.6 is 50.5 Å². The molecule has 0 unspecified atom stereocenters. The first kappa shape index (κ1) is 15.3. The second kappa shape index (κ2) is 6.13. The lowest BCUT2D eigenvalue weighted by Gasteiger charge is -2.10. The van der Waals surface area contributed by atoms with E-state index in [2.05, 4.69) is 21.2 Å². The number of halogens is 3. The Morgan fingerprint density at radius 3 is 2.50 bits per heavy atom. The zero-order valence-electron chi connectivity index (χ0n) is 9.62. The van der Waals surface area contributed by atoms with E-state index < -0.39 is 11.9 Å². The van der Waals surface area contributed by atoms with Crippen LogP contribution in [-0.4, -0.2) is 17.0 Å². The summed E-state index contributed by atoms with van der Waals surface area (Å²) < 4.78 is 0.795. The molecular weight excluding hydrogens is 389 g/mol. The molecule has 1 aromatic carbocycles. The number of aromatic carboxylic acids is 1. The summed E-state index contributed by atoms with van der Waals surface area (Å²) in [6, 6.07) is 4.23. The molecule has 104 valence electrons. The van der Waals surface area contributed by atoms with Crippen molar-refractivity contribution in [3.8, 4) is 0 Å². The van der Waals surface area contributed by atoms with Crippen LogP contribution in [0.1, 0.15) is 20.7 Å². The summed E-state index contributed by atoms with van der Waals surface area (Å²) >= 11 is 16.3. The third kappa shape index (κ3) is 3.32. The van der Waals surface area contributed by atoms with Gasteiger partial charge in [0.15, 0.2) is 0 Å². The fourth-order valence-corrected chi connectivity index (χ4v) is 3.16. The highest BCUT2D eigenvalue weighted by Crippen LogP contribution is 2.31. The minimum Gasteiger partial charge on any atom is -0.478 e. The maximum Gasteiger partial charge on any atom is 0.337 e. The highest BCUT2D eigenvalue weighted by atomic mass is 79.9. The third-order valence-corrected chi connectivity index (χ3v) is 4.37. The van der Waals surface area contributed by atoms with Crippen LogP contribution in [0.5, 0.6) is 0 Å². The molecule has 1 amide bonds. The van der Waals surface area contributed by atoms with E-state index in [0.29, 0.717) is 5.56 Å². The summed E-state index contributed by atoms with van der Waals surface area (Å²) in [5.41, 5.74) is 0.269. The van der Waals surface area contributed by atoms with Gasteiger partial charge in [-0.25, -0.2) is 4.79 Å². The van der Waals surface area contributed by atoms with E-state index in [9.17, 15) is 9.59 Å². The molecule has 8 heteroatoms. The molecule has 0 aliphatic carbocycles. The first-order valence-electron chi connectivity index (χ1n) is 5.16. The zero-order valence-corrected chi connectivity index (χ0v) is 13.5. The van der Waals surface area contributed by atoms with Crippen molar-refractivity contribution < 1.29 is 14.7 Å². The average molecular weight is 395 g/mol.